The SMILES string of the molecule is Cc1nc2ccccn2c1CC(C)(N)N1CCCC(C)C1. The summed E-state index contributed by atoms with van der Waals surface area (Å²) in [6.07, 6.45) is 5.48. The van der Waals surface area contributed by atoms with Crippen LogP contribution in [-0.4, -0.2) is 33.0 Å². The second kappa shape index (κ2) is 5.43. The number of piperidine rings is 1. The molecular weight excluding hydrogens is 260 g/mol. The molecule has 1 aliphatic rings. The third kappa shape index (κ3) is 2.83. The lowest BCUT2D eigenvalue weighted by Gasteiger charge is -2.42. The average Bonchev–Trinajstić information content (AvgIpc) is 2.75. The molecule has 114 valence electrons. The molecule has 21 heavy (non-hydrogen) atoms. The lowest BCUT2D eigenvalue weighted by molar-refractivity contribution is 0.0618. The Morgan fingerprint density at radius 3 is 3.00 bits per heavy atom. The monoisotopic (exact) mass is 286 g/mol. The molecule has 3 rings (SSSR count). The number of likely N-dealkylation sites (tertiary alicyclic amines) is 1. The van der Waals surface area contributed by atoms with E-state index in [1.165, 1.54) is 18.5 Å². The number of aryl methyl sites for hydroxylation is 1. The van der Waals surface area contributed by atoms with Gasteiger partial charge in [0.2, 0.25) is 0 Å². The van der Waals surface area contributed by atoms with E-state index >= 15 is 0 Å². The Balaban J connectivity index is 1.88. The van der Waals surface area contributed by atoms with Crippen LogP contribution in [0.3, 0.4) is 0 Å². The van der Waals surface area contributed by atoms with E-state index in [9.17, 15) is 0 Å². The van der Waals surface area contributed by atoms with E-state index in [1.807, 2.05) is 12.1 Å². The highest BCUT2D eigenvalue weighted by Crippen LogP contribution is 2.25. The molecule has 2 atom stereocenters. The summed E-state index contributed by atoms with van der Waals surface area (Å²) in [5.74, 6) is 0.741. The summed E-state index contributed by atoms with van der Waals surface area (Å²) in [7, 11) is 0. The van der Waals surface area contributed by atoms with Crippen molar-refractivity contribution in [3.63, 3.8) is 0 Å². The lowest BCUT2D eigenvalue weighted by Crippen LogP contribution is -2.58. The van der Waals surface area contributed by atoms with Crippen molar-refractivity contribution in [2.75, 3.05) is 13.1 Å². The Bertz CT molecular complexity index is 629. The van der Waals surface area contributed by atoms with E-state index < -0.39 is 0 Å². The Kier molecular flexibility index (Phi) is 3.76. The van der Waals surface area contributed by atoms with Crippen LogP contribution in [0.2, 0.25) is 0 Å². The molecule has 0 amide bonds. The largest absolute Gasteiger partial charge is 0.313 e. The first-order chi connectivity index (χ1) is 9.97. The number of hydrogen-bond acceptors (Lipinski definition) is 3. The van der Waals surface area contributed by atoms with Gasteiger partial charge >= 0.3 is 0 Å². The van der Waals surface area contributed by atoms with Crippen molar-refractivity contribution < 1.29 is 0 Å². The summed E-state index contributed by atoms with van der Waals surface area (Å²) in [6, 6.07) is 6.13. The highest BCUT2D eigenvalue weighted by atomic mass is 15.3. The first-order valence-electron chi connectivity index (χ1n) is 7.94. The molecule has 4 nitrogen and oxygen atoms in total. The molecule has 0 saturated carbocycles. The quantitative estimate of drug-likeness (QED) is 0.943. The van der Waals surface area contributed by atoms with Crippen LogP contribution in [0.5, 0.6) is 0 Å². The highest BCUT2D eigenvalue weighted by Gasteiger charge is 2.32. The minimum Gasteiger partial charge on any atom is -0.313 e. The van der Waals surface area contributed by atoms with Gasteiger partial charge in [0, 0.05) is 24.9 Å². The molecule has 3 heterocycles. The minimum absolute atomic E-state index is 0.314. The fourth-order valence-corrected chi connectivity index (χ4v) is 3.48. The van der Waals surface area contributed by atoms with Crippen molar-refractivity contribution in [3.05, 3.63) is 35.8 Å². The Morgan fingerprint density at radius 2 is 2.24 bits per heavy atom. The number of hydrogen-bond donors (Lipinski definition) is 1. The van der Waals surface area contributed by atoms with Gasteiger partial charge in [0.25, 0.3) is 0 Å². The Hall–Kier alpha value is -1.39. The second-order valence-corrected chi connectivity index (χ2v) is 6.80. The van der Waals surface area contributed by atoms with Crippen molar-refractivity contribution in [2.24, 2.45) is 11.7 Å². The first kappa shape index (κ1) is 14.5. The zero-order chi connectivity index (χ0) is 15.0. The van der Waals surface area contributed by atoms with E-state index in [1.54, 1.807) is 0 Å². The zero-order valence-electron chi connectivity index (χ0n) is 13.3. The summed E-state index contributed by atoms with van der Waals surface area (Å²) in [5, 5.41) is 0. The number of nitrogens with zero attached hydrogens (tertiary/aromatic N) is 3. The van der Waals surface area contributed by atoms with E-state index in [-0.39, 0.29) is 5.66 Å². The van der Waals surface area contributed by atoms with E-state index in [4.69, 9.17) is 5.73 Å². The third-order valence-corrected chi connectivity index (χ3v) is 4.73. The Labute approximate surface area is 127 Å². The van der Waals surface area contributed by atoms with Gasteiger partial charge in [-0.05, 0) is 51.3 Å². The van der Waals surface area contributed by atoms with Crippen molar-refractivity contribution in [1.29, 1.82) is 0 Å². The molecule has 2 aromatic rings. The second-order valence-electron chi connectivity index (χ2n) is 6.80. The fourth-order valence-electron chi connectivity index (χ4n) is 3.48. The minimum atomic E-state index is -0.314. The van der Waals surface area contributed by atoms with Crippen molar-refractivity contribution in [3.8, 4) is 0 Å². The maximum absolute atomic E-state index is 6.69. The van der Waals surface area contributed by atoms with Crippen molar-refractivity contribution in [2.45, 2.75) is 45.7 Å². The predicted octanol–water partition coefficient (Wildman–Crippen LogP) is 2.59. The van der Waals surface area contributed by atoms with Gasteiger partial charge in [-0.2, -0.15) is 0 Å². The van der Waals surface area contributed by atoms with Gasteiger partial charge < -0.3 is 10.1 Å². The molecule has 2 N–H and O–H groups in total. The zero-order valence-corrected chi connectivity index (χ0v) is 13.3. The summed E-state index contributed by atoms with van der Waals surface area (Å²) >= 11 is 0. The molecule has 0 aliphatic carbocycles. The van der Waals surface area contributed by atoms with Crippen LogP contribution in [0.25, 0.3) is 5.65 Å². The van der Waals surface area contributed by atoms with E-state index in [0.717, 1.165) is 36.8 Å². The number of fused-ring (bicyclic) bond motifs is 1. The smallest absolute Gasteiger partial charge is 0.137 e. The van der Waals surface area contributed by atoms with Gasteiger partial charge in [0.1, 0.15) is 5.65 Å². The van der Waals surface area contributed by atoms with Crippen LogP contribution in [-0.2, 0) is 6.42 Å². The Morgan fingerprint density at radius 1 is 1.43 bits per heavy atom. The summed E-state index contributed by atoms with van der Waals surface area (Å²) in [4.78, 5) is 7.09. The summed E-state index contributed by atoms with van der Waals surface area (Å²) in [5.41, 5.74) is 9.70. The number of aromatic nitrogens is 2. The lowest BCUT2D eigenvalue weighted by atomic mass is 9.95. The molecular formula is C17H26N4. The van der Waals surface area contributed by atoms with Crippen LogP contribution in [0.15, 0.2) is 24.4 Å². The van der Waals surface area contributed by atoms with Gasteiger partial charge in [-0.1, -0.05) is 13.0 Å². The fraction of sp³-hybridized carbons (Fsp3) is 0.588. The summed E-state index contributed by atoms with van der Waals surface area (Å²) in [6.45, 7) is 8.77. The van der Waals surface area contributed by atoms with Crippen LogP contribution in [0, 0.1) is 12.8 Å². The van der Waals surface area contributed by atoms with Gasteiger partial charge in [-0.15, -0.1) is 0 Å². The average molecular weight is 286 g/mol. The van der Waals surface area contributed by atoms with Crippen LogP contribution < -0.4 is 5.73 Å². The molecule has 4 heteroatoms. The van der Waals surface area contributed by atoms with Gasteiger partial charge in [-0.25, -0.2) is 4.98 Å². The normalized spacial score (nSPS) is 23.3. The molecule has 0 aromatic carbocycles. The predicted molar refractivity (Wildman–Crippen MR) is 86.2 cm³/mol. The van der Waals surface area contributed by atoms with Crippen LogP contribution in [0.1, 0.15) is 38.1 Å². The van der Waals surface area contributed by atoms with Crippen LogP contribution in [0.4, 0.5) is 0 Å². The number of nitrogens with two attached hydrogens (primary N) is 1. The molecule has 0 bridgehead atoms. The van der Waals surface area contributed by atoms with Gasteiger partial charge in [-0.3, -0.25) is 4.90 Å². The van der Waals surface area contributed by atoms with Gasteiger partial charge in [0.05, 0.1) is 11.4 Å². The summed E-state index contributed by atoms with van der Waals surface area (Å²) < 4.78 is 2.17. The first-order valence-corrected chi connectivity index (χ1v) is 7.94. The molecule has 1 saturated heterocycles. The molecule has 2 unspecified atom stereocenters. The van der Waals surface area contributed by atoms with E-state index in [2.05, 4.69) is 47.3 Å². The van der Waals surface area contributed by atoms with Gasteiger partial charge in [0.15, 0.2) is 0 Å². The van der Waals surface area contributed by atoms with Crippen molar-refractivity contribution in [1.82, 2.24) is 14.3 Å². The third-order valence-electron chi connectivity index (χ3n) is 4.73. The van der Waals surface area contributed by atoms with Crippen molar-refractivity contribution >= 4 is 5.65 Å². The molecule has 1 fully saturated rings. The molecule has 0 spiro atoms. The number of pyridine rings is 1. The van der Waals surface area contributed by atoms with E-state index in [0.29, 0.717) is 0 Å². The maximum Gasteiger partial charge on any atom is 0.137 e. The molecule has 0 radical (unpaired) electrons. The van der Waals surface area contributed by atoms with Crippen LogP contribution >= 0.6 is 0 Å². The number of imidazole rings is 1. The standard InChI is InChI=1S/C17H26N4/c1-13-7-6-9-20(12-13)17(3,18)11-15-14(2)19-16-8-4-5-10-21(15)16/h4-5,8,10,13H,6-7,9,11-12,18H2,1-3H3. The molecule has 1 aliphatic heterocycles. The maximum atomic E-state index is 6.69. The highest BCUT2D eigenvalue weighted by molar-refractivity contribution is 5.43. The molecule has 2 aromatic heterocycles. The number of rotatable bonds is 3. The topological polar surface area (TPSA) is 46.6 Å².